The van der Waals surface area contributed by atoms with Gasteiger partial charge in [0.25, 0.3) is 0 Å². The van der Waals surface area contributed by atoms with Gasteiger partial charge in [-0.15, -0.1) is 0 Å². The maximum atomic E-state index is 12.2. The molecule has 3 atom stereocenters. The van der Waals surface area contributed by atoms with Crippen LogP contribution in [0.15, 0.2) is 12.2 Å². The van der Waals surface area contributed by atoms with Crippen molar-refractivity contribution in [2.75, 3.05) is 0 Å². The van der Waals surface area contributed by atoms with Crippen LogP contribution in [0.2, 0.25) is 0 Å². The van der Waals surface area contributed by atoms with Crippen LogP contribution in [0, 0.1) is 17.3 Å². The summed E-state index contributed by atoms with van der Waals surface area (Å²) in [6.45, 7) is 11.5. The Bertz CT molecular complexity index is 330. The third kappa shape index (κ3) is 2.42. The van der Waals surface area contributed by atoms with Gasteiger partial charge in [-0.05, 0) is 32.1 Å². The fourth-order valence-corrected chi connectivity index (χ4v) is 2.67. The normalized spacial score (nSPS) is 34.9. The lowest BCUT2D eigenvalue weighted by atomic mass is 9.61. The fraction of sp³-hybridized carbons (Fsp3) is 0.714. The molecule has 1 aliphatic rings. The van der Waals surface area contributed by atoms with Crippen LogP contribution in [0.1, 0.15) is 47.0 Å². The van der Waals surface area contributed by atoms with E-state index in [0.717, 1.165) is 12.0 Å². The molecule has 0 aromatic rings. The van der Waals surface area contributed by atoms with Crippen LogP contribution >= 0.6 is 0 Å². The van der Waals surface area contributed by atoms with Crippen LogP contribution in [0.4, 0.5) is 0 Å². The zero-order valence-electron chi connectivity index (χ0n) is 10.8. The molecule has 90 valence electrons. The van der Waals surface area contributed by atoms with Crippen molar-refractivity contribution >= 4 is 11.6 Å². The van der Waals surface area contributed by atoms with E-state index in [1.165, 1.54) is 0 Å². The number of rotatable bonds is 3. The van der Waals surface area contributed by atoms with Gasteiger partial charge in [-0.25, -0.2) is 0 Å². The number of allylic oxidation sites excluding steroid dienone is 1. The Morgan fingerprint density at radius 2 is 2.06 bits per heavy atom. The first-order valence-electron chi connectivity index (χ1n) is 5.95. The Labute approximate surface area is 98.1 Å². The summed E-state index contributed by atoms with van der Waals surface area (Å²) in [4.78, 5) is 23.4. The number of Topliss-reactive ketones (excluding diaryl/α,β-unsaturated/α-hetero) is 2. The second-order valence-corrected chi connectivity index (χ2v) is 5.60. The summed E-state index contributed by atoms with van der Waals surface area (Å²) in [5.41, 5.74) is 0.641. The first-order chi connectivity index (χ1) is 7.27. The van der Waals surface area contributed by atoms with Crippen molar-refractivity contribution in [3.63, 3.8) is 0 Å². The number of ketones is 2. The molecule has 0 aromatic heterocycles. The minimum absolute atomic E-state index is 0.108. The molecule has 16 heavy (non-hydrogen) atoms. The standard InChI is InChI=1S/C14H22O2/c1-9(2)12-6-10(3)14(5,8-11(4)15)13(16)7-12/h10,12H,1,6-8H2,2-5H3/t10-,12-,14+/m1/s1. The minimum atomic E-state index is -0.447. The molecule has 0 amide bonds. The van der Waals surface area contributed by atoms with Crippen molar-refractivity contribution in [1.82, 2.24) is 0 Å². The van der Waals surface area contributed by atoms with Crippen LogP contribution in [-0.2, 0) is 9.59 Å². The number of hydrogen-bond donors (Lipinski definition) is 0. The molecule has 0 N–H and O–H groups in total. The third-order valence-electron chi connectivity index (χ3n) is 4.11. The van der Waals surface area contributed by atoms with Crippen molar-refractivity contribution in [1.29, 1.82) is 0 Å². The molecular weight excluding hydrogens is 200 g/mol. The predicted octanol–water partition coefficient (Wildman–Crippen LogP) is 3.16. The fourth-order valence-electron chi connectivity index (χ4n) is 2.67. The zero-order valence-corrected chi connectivity index (χ0v) is 10.8. The van der Waals surface area contributed by atoms with E-state index >= 15 is 0 Å². The molecule has 0 unspecified atom stereocenters. The zero-order chi connectivity index (χ0) is 12.5. The van der Waals surface area contributed by atoms with E-state index in [1.807, 2.05) is 13.8 Å². The van der Waals surface area contributed by atoms with Crippen molar-refractivity contribution in [3.05, 3.63) is 12.2 Å². The third-order valence-corrected chi connectivity index (χ3v) is 4.11. The lowest BCUT2D eigenvalue weighted by Crippen LogP contribution is -2.42. The van der Waals surface area contributed by atoms with Crippen LogP contribution in [0.5, 0.6) is 0 Å². The highest BCUT2D eigenvalue weighted by Gasteiger charge is 2.44. The number of hydrogen-bond acceptors (Lipinski definition) is 2. The second kappa shape index (κ2) is 4.52. The summed E-state index contributed by atoms with van der Waals surface area (Å²) in [5.74, 6) is 0.910. The quantitative estimate of drug-likeness (QED) is 0.687. The average molecular weight is 222 g/mol. The highest BCUT2D eigenvalue weighted by molar-refractivity contribution is 5.91. The van der Waals surface area contributed by atoms with Gasteiger partial charge >= 0.3 is 0 Å². The summed E-state index contributed by atoms with van der Waals surface area (Å²) in [6, 6.07) is 0. The van der Waals surface area contributed by atoms with E-state index in [9.17, 15) is 9.59 Å². The molecule has 0 aliphatic heterocycles. The molecule has 0 bridgehead atoms. The predicted molar refractivity (Wildman–Crippen MR) is 65.1 cm³/mol. The van der Waals surface area contributed by atoms with Gasteiger partial charge in [0.1, 0.15) is 11.6 Å². The summed E-state index contributed by atoms with van der Waals surface area (Å²) < 4.78 is 0. The van der Waals surface area contributed by atoms with Gasteiger partial charge in [0, 0.05) is 18.3 Å². The van der Waals surface area contributed by atoms with E-state index in [0.29, 0.717) is 18.8 Å². The van der Waals surface area contributed by atoms with Crippen LogP contribution in [0.25, 0.3) is 0 Å². The number of carbonyl (C=O) groups is 2. The van der Waals surface area contributed by atoms with Gasteiger partial charge in [0.15, 0.2) is 0 Å². The first kappa shape index (κ1) is 13.1. The molecule has 0 radical (unpaired) electrons. The van der Waals surface area contributed by atoms with E-state index in [1.54, 1.807) is 6.92 Å². The van der Waals surface area contributed by atoms with Gasteiger partial charge in [0.05, 0.1) is 0 Å². The molecule has 1 saturated carbocycles. The molecular formula is C14H22O2. The highest BCUT2D eigenvalue weighted by Crippen LogP contribution is 2.44. The molecule has 1 aliphatic carbocycles. The van der Waals surface area contributed by atoms with Gasteiger partial charge < -0.3 is 0 Å². The number of carbonyl (C=O) groups excluding carboxylic acids is 2. The summed E-state index contributed by atoms with van der Waals surface area (Å²) in [5, 5.41) is 0. The maximum absolute atomic E-state index is 12.2. The van der Waals surface area contributed by atoms with Gasteiger partial charge in [-0.3, -0.25) is 9.59 Å². The van der Waals surface area contributed by atoms with Crippen LogP contribution in [-0.4, -0.2) is 11.6 Å². The molecule has 1 rings (SSSR count). The summed E-state index contributed by atoms with van der Waals surface area (Å²) in [6.07, 6.45) is 1.92. The Kier molecular flexibility index (Phi) is 3.72. The highest BCUT2D eigenvalue weighted by atomic mass is 16.1. The van der Waals surface area contributed by atoms with Gasteiger partial charge in [-0.2, -0.15) is 0 Å². The first-order valence-corrected chi connectivity index (χ1v) is 5.95. The summed E-state index contributed by atoms with van der Waals surface area (Å²) in [7, 11) is 0. The molecule has 2 heteroatoms. The van der Waals surface area contributed by atoms with E-state index in [4.69, 9.17) is 0 Å². The topological polar surface area (TPSA) is 34.1 Å². The van der Waals surface area contributed by atoms with Crippen LogP contribution < -0.4 is 0 Å². The van der Waals surface area contributed by atoms with Crippen molar-refractivity contribution in [2.45, 2.75) is 47.0 Å². The largest absolute Gasteiger partial charge is 0.300 e. The van der Waals surface area contributed by atoms with Crippen LogP contribution in [0.3, 0.4) is 0 Å². The Morgan fingerprint density at radius 3 is 2.44 bits per heavy atom. The second-order valence-electron chi connectivity index (χ2n) is 5.60. The molecule has 2 nitrogen and oxygen atoms in total. The van der Waals surface area contributed by atoms with Crippen molar-refractivity contribution in [2.24, 2.45) is 17.3 Å². The van der Waals surface area contributed by atoms with E-state index < -0.39 is 5.41 Å². The smallest absolute Gasteiger partial charge is 0.140 e. The summed E-state index contributed by atoms with van der Waals surface area (Å²) >= 11 is 0. The van der Waals surface area contributed by atoms with Crippen molar-refractivity contribution < 1.29 is 9.59 Å². The Hall–Kier alpha value is -0.920. The minimum Gasteiger partial charge on any atom is -0.300 e. The van der Waals surface area contributed by atoms with E-state index in [2.05, 4.69) is 13.5 Å². The molecule has 0 saturated heterocycles. The maximum Gasteiger partial charge on any atom is 0.140 e. The molecule has 1 fully saturated rings. The molecule has 0 spiro atoms. The van der Waals surface area contributed by atoms with E-state index in [-0.39, 0.29) is 17.5 Å². The van der Waals surface area contributed by atoms with Crippen molar-refractivity contribution in [3.8, 4) is 0 Å². The SMILES string of the molecule is C=C(C)[C@H]1CC(=O)[C@@](C)(CC(C)=O)[C@H](C)C1. The van der Waals surface area contributed by atoms with Gasteiger partial charge in [0.2, 0.25) is 0 Å². The molecule has 0 aromatic carbocycles. The monoisotopic (exact) mass is 222 g/mol. The Balaban J connectivity index is 2.87. The lowest BCUT2D eigenvalue weighted by Gasteiger charge is -2.41. The van der Waals surface area contributed by atoms with Gasteiger partial charge in [-0.1, -0.05) is 26.0 Å². The lowest BCUT2D eigenvalue weighted by molar-refractivity contribution is -0.139. The Morgan fingerprint density at radius 1 is 1.50 bits per heavy atom. The average Bonchev–Trinajstić information content (AvgIpc) is 2.12. The molecule has 0 heterocycles.